The molecule has 1 aliphatic rings. The maximum Gasteiger partial charge on any atom is 0.113 e. The topological polar surface area (TPSA) is 42.7 Å². The van der Waals surface area contributed by atoms with Crippen molar-refractivity contribution in [3.8, 4) is 0 Å². The Bertz CT molecular complexity index is 450. The summed E-state index contributed by atoms with van der Waals surface area (Å²) in [5.41, 5.74) is 4.35. The molecule has 0 saturated carbocycles. The van der Waals surface area contributed by atoms with Gasteiger partial charge in [-0.1, -0.05) is 12.1 Å². The van der Waals surface area contributed by atoms with Crippen LogP contribution in [0.2, 0.25) is 0 Å². The number of hydrogen-bond donors (Lipinski definition) is 0. The van der Waals surface area contributed by atoms with E-state index in [1.165, 1.54) is 11.3 Å². The van der Waals surface area contributed by atoms with E-state index >= 15 is 0 Å². The Labute approximate surface area is 108 Å². The Kier molecular flexibility index (Phi) is 4.01. The normalized spacial score (nSPS) is 17.4. The van der Waals surface area contributed by atoms with Gasteiger partial charge in [-0.15, -0.1) is 0 Å². The van der Waals surface area contributed by atoms with Crippen molar-refractivity contribution in [2.45, 2.75) is 40.3 Å². The first-order valence-corrected chi connectivity index (χ1v) is 6.54. The summed E-state index contributed by atoms with van der Waals surface area (Å²) in [6.45, 7) is 10.5. The maximum atomic E-state index is 4.84. The molecule has 0 aliphatic carbocycles. The lowest BCUT2D eigenvalue weighted by molar-refractivity contribution is 0.213. The van der Waals surface area contributed by atoms with Crippen molar-refractivity contribution in [2.75, 3.05) is 20.2 Å². The minimum atomic E-state index is 0.846. The molecule has 5 nitrogen and oxygen atoms in total. The highest BCUT2D eigenvalue weighted by Crippen LogP contribution is 2.19. The van der Waals surface area contributed by atoms with Crippen LogP contribution in [0.15, 0.2) is 5.16 Å². The van der Waals surface area contributed by atoms with Crippen molar-refractivity contribution in [1.82, 2.24) is 14.7 Å². The van der Waals surface area contributed by atoms with Crippen molar-refractivity contribution in [3.05, 3.63) is 17.0 Å². The number of aryl methyl sites for hydroxylation is 1. The third-order valence-electron chi connectivity index (χ3n) is 3.56. The molecule has 0 atom stereocenters. The molecule has 0 saturated heterocycles. The summed E-state index contributed by atoms with van der Waals surface area (Å²) in [6, 6.07) is 0. The molecule has 0 fully saturated rings. The van der Waals surface area contributed by atoms with Crippen LogP contribution in [-0.2, 0) is 17.9 Å². The molecule has 0 amide bonds. The van der Waals surface area contributed by atoms with Gasteiger partial charge in [0.15, 0.2) is 0 Å². The van der Waals surface area contributed by atoms with Gasteiger partial charge in [0.2, 0.25) is 0 Å². The van der Waals surface area contributed by atoms with Gasteiger partial charge < -0.3 is 4.84 Å². The van der Waals surface area contributed by atoms with Crippen molar-refractivity contribution in [1.29, 1.82) is 0 Å². The average Bonchev–Trinajstić information content (AvgIpc) is 2.56. The molecule has 0 radical (unpaired) electrons. The number of aromatic nitrogens is 2. The molecule has 0 unspecified atom stereocenters. The number of rotatable bonds is 3. The molecular formula is C13H22N4O. The summed E-state index contributed by atoms with van der Waals surface area (Å²) in [5.74, 6) is 0. The molecule has 1 aromatic heterocycles. The first-order valence-electron chi connectivity index (χ1n) is 6.54. The van der Waals surface area contributed by atoms with Crippen LogP contribution >= 0.6 is 0 Å². The zero-order valence-electron chi connectivity index (χ0n) is 11.7. The van der Waals surface area contributed by atoms with E-state index in [0.717, 1.165) is 44.0 Å². The number of fused-ring (bicyclic) bond motifs is 1. The van der Waals surface area contributed by atoms with Gasteiger partial charge in [-0.2, -0.15) is 5.10 Å². The van der Waals surface area contributed by atoms with Crippen molar-refractivity contribution in [3.63, 3.8) is 0 Å². The Morgan fingerprint density at radius 2 is 2.22 bits per heavy atom. The van der Waals surface area contributed by atoms with E-state index in [2.05, 4.69) is 33.7 Å². The van der Waals surface area contributed by atoms with E-state index in [0.29, 0.717) is 0 Å². The van der Waals surface area contributed by atoms with Crippen LogP contribution in [0.1, 0.15) is 37.2 Å². The Morgan fingerprint density at radius 1 is 1.44 bits per heavy atom. The first-order chi connectivity index (χ1) is 8.67. The largest absolute Gasteiger partial charge is 0.399 e. The molecule has 2 rings (SSSR count). The van der Waals surface area contributed by atoms with Gasteiger partial charge in [0, 0.05) is 25.2 Å². The van der Waals surface area contributed by atoms with Gasteiger partial charge in [0.05, 0.1) is 5.69 Å². The SMILES string of the molecule is CCN1CCCn2nc(/C(C)=N/OC)c(C)c2C1. The quantitative estimate of drug-likeness (QED) is 0.606. The summed E-state index contributed by atoms with van der Waals surface area (Å²) in [6.07, 6.45) is 1.15. The van der Waals surface area contributed by atoms with E-state index in [-0.39, 0.29) is 0 Å². The fourth-order valence-electron chi connectivity index (χ4n) is 2.50. The van der Waals surface area contributed by atoms with Gasteiger partial charge in [-0.05, 0) is 26.8 Å². The van der Waals surface area contributed by atoms with Crippen LogP contribution in [0.5, 0.6) is 0 Å². The summed E-state index contributed by atoms with van der Waals surface area (Å²) in [4.78, 5) is 7.30. The molecule has 18 heavy (non-hydrogen) atoms. The fourth-order valence-corrected chi connectivity index (χ4v) is 2.50. The summed E-state index contributed by atoms with van der Waals surface area (Å²) in [7, 11) is 1.57. The van der Waals surface area contributed by atoms with Gasteiger partial charge in [0.25, 0.3) is 0 Å². The molecule has 0 aromatic carbocycles. The van der Waals surface area contributed by atoms with Crippen molar-refractivity contribution in [2.24, 2.45) is 5.16 Å². The minimum Gasteiger partial charge on any atom is -0.399 e. The fraction of sp³-hybridized carbons (Fsp3) is 0.692. The van der Waals surface area contributed by atoms with Crippen molar-refractivity contribution >= 4 is 5.71 Å². The second-order valence-electron chi connectivity index (χ2n) is 4.73. The monoisotopic (exact) mass is 250 g/mol. The van der Waals surface area contributed by atoms with E-state index < -0.39 is 0 Å². The molecule has 5 heteroatoms. The summed E-state index contributed by atoms with van der Waals surface area (Å²) < 4.78 is 2.13. The maximum absolute atomic E-state index is 4.84. The second-order valence-corrected chi connectivity index (χ2v) is 4.73. The highest BCUT2D eigenvalue weighted by atomic mass is 16.6. The van der Waals surface area contributed by atoms with Crippen LogP contribution in [0.4, 0.5) is 0 Å². The molecule has 0 N–H and O–H groups in total. The summed E-state index contributed by atoms with van der Waals surface area (Å²) in [5, 5.41) is 8.67. The van der Waals surface area contributed by atoms with Crippen LogP contribution < -0.4 is 0 Å². The van der Waals surface area contributed by atoms with Crippen LogP contribution in [0, 0.1) is 6.92 Å². The van der Waals surface area contributed by atoms with E-state index in [1.54, 1.807) is 7.11 Å². The zero-order chi connectivity index (χ0) is 13.1. The molecule has 1 aliphatic heterocycles. The number of hydrogen-bond acceptors (Lipinski definition) is 4. The number of oxime groups is 1. The van der Waals surface area contributed by atoms with Crippen molar-refractivity contribution < 1.29 is 4.84 Å². The smallest absolute Gasteiger partial charge is 0.113 e. The lowest BCUT2D eigenvalue weighted by atomic mass is 10.1. The summed E-state index contributed by atoms with van der Waals surface area (Å²) >= 11 is 0. The average molecular weight is 250 g/mol. The van der Waals surface area contributed by atoms with E-state index in [4.69, 9.17) is 4.84 Å². The zero-order valence-corrected chi connectivity index (χ0v) is 11.7. The van der Waals surface area contributed by atoms with E-state index in [1.807, 2.05) is 6.92 Å². The van der Waals surface area contributed by atoms with Crippen LogP contribution in [-0.4, -0.2) is 40.6 Å². The lowest BCUT2D eigenvalue weighted by Crippen LogP contribution is -2.23. The predicted octanol–water partition coefficient (Wildman–Crippen LogP) is 1.79. The molecule has 100 valence electrons. The Morgan fingerprint density at radius 3 is 2.89 bits per heavy atom. The highest BCUT2D eigenvalue weighted by Gasteiger charge is 2.20. The van der Waals surface area contributed by atoms with Crippen LogP contribution in [0.25, 0.3) is 0 Å². The highest BCUT2D eigenvalue weighted by molar-refractivity contribution is 5.98. The van der Waals surface area contributed by atoms with Gasteiger partial charge in [0.1, 0.15) is 18.5 Å². The van der Waals surface area contributed by atoms with Gasteiger partial charge >= 0.3 is 0 Å². The standard InChI is InChI=1S/C13H22N4O/c1-5-16-7-6-8-17-12(9-16)10(2)13(14-17)11(3)15-18-4/h5-9H2,1-4H3/b15-11+. The third kappa shape index (κ3) is 2.41. The Balaban J connectivity index is 2.36. The number of nitrogens with zero attached hydrogens (tertiary/aromatic N) is 4. The minimum absolute atomic E-state index is 0.846. The van der Waals surface area contributed by atoms with Crippen LogP contribution in [0.3, 0.4) is 0 Å². The molecule has 1 aromatic rings. The molecule has 2 heterocycles. The molecule has 0 spiro atoms. The van der Waals surface area contributed by atoms with Gasteiger partial charge in [-0.25, -0.2) is 0 Å². The molecular weight excluding hydrogens is 228 g/mol. The Hall–Kier alpha value is -1.36. The molecule has 0 bridgehead atoms. The third-order valence-corrected chi connectivity index (χ3v) is 3.56. The van der Waals surface area contributed by atoms with E-state index in [9.17, 15) is 0 Å². The first kappa shape index (κ1) is 13.1. The lowest BCUT2D eigenvalue weighted by Gasteiger charge is -2.16. The van der Waals surface area contributed by atoms with Gasteiger partial charge in [-0.3, -0.25) is 9.58 Å². The second kappa shape index (κ2) is 5.52. The predicted molar refractivity (Wildman–Crippen MR) is 71.8 cm³/mol.